The Kier molecular flexibility index (Phi) is 11.0. The standard InChI is InChI=1S/C29H36O7/c1-34-27(31)18-12-4-2-3-11-17-23-24(20-30)26(36-29(33)22-15-9-6-10-16-22)19-25(23)35-28(32)21-13-7-5-8-14-21/h5-10,13-16,23-26,30H,2-4,11-12,17-20H2,1H3/t23-,24+,25-,26+/m1/s1. The molecule has 0 saturated heterocycles. The lowest BCUT2D eigenvalue weighted by molar-refractivity contribution is -0.140. The summed E-state index contributed by atoms with van der Waals surface area (Å²) in [4.78, 5) is 36.7. The maximum absolute atomic E-state index is 12.8. The molecule has 0 bridgehead atoms. The number of esters is 3. The molecule has 1 saturated carbocycles. The van der Waals surface area contributed by atoms with Gasteiger partial charge in [-0.3, -0.25) is 4.79 Å². The number of methoxy groups -OCH3 is 1. The molecule has 0 unspecified atom stereocenters. The van der Waals surface area contributed by atoms with E-state index in [1.165, 1.54) is 7.11 Å². The van der Waals surface area contributed by atoms with Crippen molar-refractivity contribution in [3.63, 3.8) is 0 Å². The minimum atomic E-state index is -0.540. The first-order valence-corrected chi connectivity index (χ1v) is 12.7. The molecule has 7 heteroatoms. The second-order valence-corrected chi connectivity index (χ2v) is 9.25. The van der Waals surface area contributed by atoms with Crippen molar-refractivity contribution < 1.29 is 33.7 Å². The Balaban J connectivity index is 1.61. The van der Waals surface area contributed by atoms with Gasteiger partial charge in [-0.1, -0.05) is 62.1 Å². The van der Waals surface area contributed by atoms with Crippen molar-refractivity contribution in [2.24, 2.45) is 11.8 Å². The van der Waals surface area contributed by atoms with Crippen LogP contribution in [-0.2, 0) is 19.0 Å². The van der Waals surface area contributed by atoms with Crippen LogP contribution in [0.3, 0.4) is 0 Å². The van der Waals surface area contributed by atoms with E-state index in [4.69, 9.17) is 9.47 Å². The van der Waals surface area contributed by atoms with E-state index in [0.29, 0.717) is 24.0 Å². The first-order chi connectivity index (χ1) is 17.5. The predicted molar refractivity (Wildman–Crippen MR) is 134 cm³/mol. The molecule has 0 aromatic heterocycles. The summed E-state index contributed by atoms with van der Waals surface area (Å²) in [5.41, 5.74) is 0.912. The molecule has 0 heterocycles. The van der Waals surface area contributed by atoms with E-state index < -0.39 is 24.1 Å². The number of aliphatic hydroxyl groups excluding tert-OH is 1. The topological polar surface area (TPSA) is 99.1 Å². The molecular formula is C29H36O7. The Bertz CT molecular complexity index is 960. The van der Waals surface area contributed by atoms with E-state index in [0.717, 1.165) is 38.5 Å². The molecule has 194 valence electrons. The van der Waals surface area contributed by atoms with Gasteiger partial charge >= 0.3 is 17.9 Å². The smallest absolute Gasteiger partial charge is 0.338 e. The quantitative estimate of drug-likeness (QED) is 0.237. The number of benzene rings is 2. The van der Waals surface area contributed by atoms with Gasteiger partial charge in [0.05, 0.1) is 18.2 Å². The average Bonchev–Trinajstić information content (AvgIpc) is 3.23. The fourth-order valence-electron chi connectivity index (χ4n) is 4.90. The molecule has 1 N–H and O–H groups in total. The number of ether oxygens (including phenoxy) is 3. The van der Waals surface area contributed by atoms with Crippen LogP contribution in [-0.4, -0.2) is 48.9 Å². The zero-order valence-corrected chi connectivity index (χ0v) is 20.8. The van der Waals surface area contributed by atoms with Crippen LogP contribution in [0.1, 0.15) is 72.1 Å². The van der Waals surface area contributed by atoms with Crippen LogP contribution < -0.4 is 0 Å². The highest BCUT2D eigenvalue weighted by Gasteiger charge is 2.46. The van der Waals surface area contributed by atoms with Crippen LogP contribution >= 0.6 is 0 Å². The number of hydrogen-bond acceptors (Lipinski definition) is 7. The van der Waals surface area contributed by atoms with E-state index in [1.807, 2.05) is 12.1 Å². The second kappa shape index (κ2) is 14.4. The first kappa shape index (κ1) is 27.4. The minimum Gasteiger partial charge on any atom is -0.469 e. The highest BCUT2D eigenvalue weighted by molar-refractivity contribution is 5.90. The molecular weight excluding hydrogens is 460 g/mol. The van der Waals surface area contributed by atoms with Crippen molar-refractivity contribution in [1.82, 2.24) is 0 Å². The summed E-state index contributed by atoms with van der Waals surface area (Å²) in [7, 11) is 1.40. The molecule has 0 spiro atoms. The third-order valence-corrected chi connectivity index (χ3v) is 6.86. The fourth-order valence-corrected chi connectivity index (χ4v) is 4.90. The zero-order valence-electron chi connectivity index (χ0n) is 20.8. The SMILES string of the molecule is COC(=O)CCCCCCC[C@@H]1[C@H](CO)[C@@H](OC(=O)c2ccccc2)C[C@H]1OC(=O)c1ccccc1. The van der Waals surface area contributed by atoms with Crippen molar-refractivity contribution in [3.8, 4) is 0 Å². The number of carbonyl (C=O) groups excluding carboxylic acids is 3. The summed E-state index contributed by atoms with van der Waals surface area (Å²) in [6.07, 6.45) is 5.09. The van der Waals surface area contributed by atoms with Gasteiger partial charge in [0, 0.05) is 31.3 Å². The van der Waals surface area contributed by atoms with Crippen molar-refractivity contribution in [3.05, 3.63) is 71.8 Å². The third-order valence-electron chi connectivity index (χ3n) is 6.86. The Morgan fingerprint density at radius 2 is 1.25 bits per heavy atom. The molecule has 7 nitrogen and oxygen atoms in total. The summed E-state index contributed by atoms with van der Waals surface area (Å²) < 4.78 is 16.4. The van der Waals surface area contributed by atoms with Gasteiger partial charge in [0.1, 0.15) is 12.2 Å². The predicted octanol–water partition coefficient (Wildman–Crippen LogP) is 4.97. The van der Waals surface area contributed by atoms with Crippen molar-refractivity contribution in [2.45, 2.75) is 63.6 Å². The zero-order chi connectivity index (χ0) is 25.8. The molecule has 1 aliphatic carbocycles. The van der Waals surface area contributed by atoms with E-state index in [9.17, 15) is 19.5 Å². The molecule has 2 aromatic rings. The van der Waals surface area contributed by atoms with Crippen molar-refractivity contribution in [1.29, 1.82) is 0 Å². The van der Waals surface area contributed by atoms with E-state index in [1.54, 1.807) is 48.5 Å². The Morgan fingerprint density at radius 3 is 1.78 bits per heavy atom. The van der Waals surface area contributed by atoms with Gasteiger partial charge in [-0.2, -0.15) is 0 Å². The van der Waals surface area contributed by atoms with Crippen molar-refractivity contribution in [2.75, 3.05) is 13.7 Å². The molecule has 2 aromatic carbocycles. The van der Waals surface area contributed by atoms with Crippen LogP contribution in [0.25, 0.3) is 0 Å². The van der Waals surface area contributed by atoms with E-state index >= 15 is 0 Å². The molecule has 36 heavy (non-hydrogen) atoms. The number of carbonyl (C=O) groups is 3. The molecule has 4 atom stereocenters. The number of rotatable bonds is 13. The molecule has 0 radical (unpaired) electrons. The summed E-state index contributed by atoms with van der Waals surface area (Å²) in [6.45, 7) is -0.157. The summed E-state index contributed by atoms with van der Waals surface area (Å²) in [6, 6.07) is 17.6. The fraction of sp³-hybridized carbons (Fsp3) is 0.483. The number of hydrogen-bond donors (Lipinski definition) is 1. The lowest BCUT2D eigenvalue weighted by Gasteiger charge is -2.25. The normalized spacial score (nSPS) is 21.1. The Labute approximate surface area is 212 Å². The highest BCUT2D eigenvalue weighted by atomic mass is 16.6. The number of aliphatic hydroxyl groups is 1. The maximum Gasteiger partial charge on any atom is 0.338 e. The minimum absolute atomic E-state index is 0.119. The van der Waals surface area contributed by atoms with Crippen molar-refractivity contribution >= 4 is 17.9 Å². The van der Waals surface area contributed by atoms with Gasteiger partial charge in [0.15, 0.2) is 0 Å². The molecule has 1 aliphatic rings. The molecule has 0 amide bonds. The lowest BCUT2D eigenvalue weighted by Crippen LogP contribution is -2.29. The summed E-state index contributed by atoms with van der Waals surface area (Å²) in [5.74, 6) is -1.48. The van der Waals surface area contributed by atoms with E-state index in [2.05, 4.69) is 4.74 Å². The number of unbranched alkanes of at least 4 members (excludes halogenated alkanes) is 4. The first-order valence-electron chi connectivity index (χ1n) is 12.7. The van der Waals surface area contributed by atoms with E-state index in [-0.39, 0.29) is 24.4 Å². The molecule has 0 aliphatic heterocycles. The Morgan fingerprint density at radius 1 is 0.750 bits per heavy atom. The molecule has 3 rings (SSSR count). The van der Waals surface area contributed by atoms with Gasteiger partial charge in [0.25, 0.3) is 0 Å². The average molecular weight is 497 g/mol. The largest absolute Gasteiger partial charge is 0.469 e. The summed E-state index contributed by atoms with van der Waals surface area (Å²) >= 11 is 0. The van der Waals surface area contributed by atoms with Gasteiger partial charge in [-0.05, 0) is 37.1 Å². The van der Waals surface area contributed by atoms with Crippen LogP contribution in [0, 0.1) is 11.8 Å². The van der Waals surface area contributed by atoms with Crippen LogP contribution in [0.2, 0.25) is 0 Å². The highest BCUT2D eigenvalue weighted by Crippen LogP contribution is 2.40. The molecule has 1 fully saturated rings. The Hall–Kier alpha value is -3.19. The monoisotopic (exact) mass is 496 g/mol. The van der Waals surface area contributed by atoms with Gasteiger partial charge in [-0.25, -0.2) is 9.59 Å². The summed E-state index contributed by atoms with van der Waals surface area (Å²) in [5, 5.41) is 10.2. The van der Waals surface area contributed by atoms with Gasteiger partial charge in [0.2, 0.25) is 0 Å². The third kappa shape index (κ3) is 7.92. The van der Waals surface area contributed by atoms with Crippen LogP contribution in [0.4, 0.5) is 0 Å². The lowest BCUT2D eigenvalue weighted by atomic mass is 9.89. The maximum atomic E-state index is 12.8. The van der Waals surface area contributed by atoms with Crippen LogP contribution in [0.5, 0.6) is 0 Å². The van der Waals surface area contributed by atoms with Gasteiger partial charge in [-0.15, -0.1) is 0 Å². The van der Waals surface area contributed by atoms with Gasteiger partial charge < -0.3 is 19.3 Å². The second-order valence-electron chi connectivity index (χ2n) is 9.25. The van der Waals surface area contributed by atoms with Crippen LogP contribution in [0.15, 0.2) is 60.7 Å².